The molecule has 20 heavy (non-hydrogen) atoms. The van der Waals surface area contributed by atoms with Crippen LogP contribution in [0.2, 0.25) is 0 Å². The molecular weight excluding hydrogens is 248 g/mol. The summed E-state index contributed by atoms with van der Waals surface area (Å²) in [5.74, 6) is 0. The van der Waals surface area contributed by atoms with Crippen molar-refractivity contribution in [3.8, 4) is 0 Å². The maximum atomic E-state index is 10.7. The van der Waals surface area contributed by atoms with Gasteiger partial charge in [0.25, 0.3) is 6.47 Å². The lowest BCUT2D eigenvalue weighted by molar-refractivity contribution is -0.141. The molecule has 0 aliphatic carbocycles. The van der Waals surface area contributed by atoms with E-state index in [1.807, 2.05) is 13.8 Å². The SMILES string of the molecule is CC(C)(C)c1cc(C(C)(C)C)cc(C(C)(C)OC=O)c1. The van der Waals surface area contributed by atoms with E-state index in [1.54, 1.807) is 0 Å². The number of carbonyl (C=O) groups is 1. The van der Waals surface area contributed by atoms with E-state index in [0.29, 0.717) is 6.47 Å². The Morgan fingerprint density at radius 1 is 0.750 bits per heavy atom. The van der Waals surface area contributed by atoms with Crippen LogP contribution in [0, 0.1) is 0 Å². The second-order valence-electron chi connectivity index (χ2n) is 8.02. The van der Waals surface area contributed by atoms with Crippen LogP contribution in [-0.4, -0.2) is 6.47 Å². The highest BCUT2D eigenvalue weighted by Gasteiger charge is 2.27. The van der Waals surface area contributed by atoms with Gasteiger partial charge in [0.15, 0.2) is 0 Å². The van der Waals surface area contributed by atoms with E-state index in [9.17, 15) is 4.79 Å². The van der Waals surface area contributed by atoms with Crippen LogP contribution >= 0.6 is 0 Å². The Morgan fingerprint density at radius 3 is 1.40 bits per heavy atom. The zero-order valence-corrected chi connectivity index (χ0v) is 14.1. The summed E-state index contributed by atoms with van der Waals surface area (Å²) in [5, 5.41) is 0. The van der Waals surface area contributed by atoms with Crippen LogP contribution in [0.5, 0.6) is 0 Å². The number of ether oxygens (including phenoxy) is 1. The van der Waals surface area contributed by atoms with Crippen LogP contribution in [0.15, 0.2) is 18.2 Å². The van der Waals surface area contributed by atoms with Gasteiger partial charge in [0, 0.05) is 0 Å². The minimum Gasteiger partial charge on any atom is -0.457 e. The van der Waals surface area contributed by atoms with E-state index < -0.39 is 5.60 Å². The zero-order chi connectivity index (χ0) is 15.8. The molecule has 0 N–H and O–H groups in total. The van der Waals surface area contributed by atoms with E-state index in [-0.39, 0.29) is 10.8 Å². The minimum atomic E-state index is -0.608. The first-order valence-electron chi connectivity index (χ1n) is 7.16. The first-order valence-corrected chi connectivity index (χ1v) is 7.16. The predicted octanol–water partition coefficient (Wildman–Crippen LogP) is 4.69. The van der Waals surface area contributed by atoms with E-state index >= 15 is 0 Å². The third kappa shape index (κ3) is 3.84. The standard InChI is InChI=1S/C18H28O2/c1-16(2,3)13-9-14(17(4,5)6)11-15(10-13)18(7,8)20-12-19/h9-12H,1-8H3. The van der Waals surface area contributed by atoms with Crippen LogP contribution in [0.1, 0.15) is 72.1 Å². The highest BCUT2D eigenvalue weighted by molar-refractivity contribution is 5.43. The summed E-state index contributed by atoms with van der Waals surface area (Å²) in [7, 11) is 0. The van der Waals surface area contributed by atoms with Crippen LogP contribution in [-0.2, 0) is 26.0 Å². The summed E-state index contributed by atoms with van der Waals surface area (Å²) in [6.45, 7) is 17.6. The normalized spacial score (nSPS) is 13.2. The molecular formula is C18H28O2. The van der Waals surface area contributed by atoms with E-state index in [1.165, 1.54) is 11.1 Å². The fraction of sp³-hybridized carbons (Fsp3) is 0.611. The average Bonchev–Trinajstić information content (AvgIpc) is 2.26. The fourth-order valence-corrected chi connectivity index (χ4v) is 2.03. The van der Waals surface area contributed by atoms with Crippen LogP contribution in [0.25, 0.3) is 0 Å². The molecule has 1 rings (SSSR count). The van der Waals surface area contributed by atoms with Crippen molar-refractivity contribution in [2.75, 3.05) is 0 Å². The number of carbonyl (C=O) groups excluding carboxylic acids is 1. The van der Waals surface area contributed by atoms with E-state index in [2.05, 4.69) is 59.7 Å². The highest BCUT2D eigenvalue weighted by Crippen LogP contribution is 2.34. The first kappa shape index (κ1) is 16.7. The van der Waals surface area contributed by atoms with Crippen LogP contribution < -0.4 is 0 Å². The lowest BCUT2D eigenvalue weighted by Crippen LogP contribution is -2.24. The summed E-state index contributed by atoms with van der Waals surface area (Å²) >= 11 is 0. The van der Waals surface area contributed by atoms with Gasteiger partial charge in [-0.15, -0.1) is 0 Å². The fourth-order valence-electron chi connectivity index (χ4n) is 2.03. The Morgan fingerprint density at radius 2 is 1.10 bits per heavy atom. The van der Waals surface area contributed by atoms with Crippen molar-refractivity contribution in [3.05, 3.63) is 34.9 Å². The highest BCUT2D eigenvalue weighted by atomic mass is 16.5. The molecule has 2 heteroatoms. The van der Waals surface area contributed by atoms with Gasteiger partial charge in [0.2, 0.25) is 0 Å². The second kappa shape index (κ2) is 5.23. The number of hydrogen-bond donors (Lipinski definition) is 0. The molecule has 0 heterocycles. The van der Waals surface area contributed by atoms with Gasteiger partial charge < -0.3 is 4.74 Å². The van der Waals surface area contributed by atoms with Gasteiger partial charge in [-0.2, -0.15) is 0 Å². The van der Waals surface area contributed by atoms with Crippen molar-refractivity contribution >= 4 is 6.47 Å². The molecule has 0 saturated heterocycles. The van der Waals surface area contributed by atoms with E-state index in [4.69, 9.17) is 4.74 Å². The van der Waals surface area contributed by atoms with Crippen molar-refractivity contribution in [2.45, 2.75) is 71.8 Å². The Hall–Kier alpha value is -1.31. The number of rotatable bonds is 3. The molecule has 0 radical (unpaired) electrons. The quantitative estimate of drug-likeness (QED) is 0.749. The van der Waals surface area contributed by atoms with Gasteiger partial charge in [-0.3, -0.25) is 4.79 Å². The van der Waals surface area contributed by atoms with Crippen LogP contribution in [0.4, 0.5) is 0 Å². The maximum absolute atomic E-state index is 10.7. The predicted molar refractivity (Wildman–Crippen MR) is 84.0 cm³/mol. The van der Waals surface area contributed by atoms with E-state index in [0.717, 1.165) is 5.56 Å². The molecule has 1 aromatic carbocycles. The summed E-state index contributed by atoms with van der Waals surface area (Å²) < 4.78 is 5.27. The Kier molecular flexibility index (Phi) is 4.38. The summed E-state index contributed by atoms with van der Waals surface area (Å²) in [6, 6.07) is 6.57. The Bertz CT molecular complexity index is 453. The molecule has 0 aliphatic heterocycles. The Labute approximate surface area is 123 Å². The van der Waals surface area contributed by atoms with Gasteiger partial charge in [-0.05, 0) is 41.4 Å². The third-order valence-electron chi connectivity index (χ3n) is 3.70. The zero-order valence-electron chi connectivity index (χ0n) is 14.1. The molecule has 0 atom stereocenters. The van der Waals surface area contributed by atoms with Crippen LogP contribution in [0.3, 0.4) is 0 Å². The lowest BCUT2D eigenvalue weighted by Gasteiger charge is -2.30. The van der Waals surface area contributed by atoms with Gasteiger partial charge in [0.1, 0.15) is 5.60 Å². The smallest absolute Gasteiger partial charge is 0.293 e. The molecule has 1 aromatic rings. The number of benzene rings is 1. The minimum absolute atomic E-state index is 0.0628. The Balaban J connectivity index is 3.50. The number of hydrogen-bond acceptors (Lipinski definition) is 2. The summed E-state index contributed by atoms with van der Waals surface area (Å²) in [4.78, 5) is 10.7. The third-order valence-corrected chi connectivity index (χ3v) is 3.70. The molecule has 0 bridgehead atoms. The van der Waals surface area contributed by atoms with Gasteiger partial charge in [-0.25, -0.2) is 0 Å². The maximum Gasteiger partial charge on any atom is 0.293 e. The van der Waals surface area contributed by atoms with Crippen molar-refractivity contribution in [3.63, 3.8) is 0 Å². The van der Waals surface area contributed by atoms with Crippen molar-refractivity contribution in [1.29, 1.82) is 0 Å². The van der Waals surface area contributed by atoms with Crippen molar-refractivity contribution in [2.24, 2.45) is 0 Å². The van der Waals surface area contributed by atoms with Gasteiger partial charge in [-0.1, -0.05) is 59.7 Å². The topological polar surface area (TPSA) is 26.3 Å². The summed E-state index contributed by atoms with van der Waals surface area (Å²) in [5.41, 5.74) is 3.09. The molecule has 0 fully saturated rings. The molecule has 0 unspecified atom stereocenters. The van der Waals surface area contributed by atoms with Gasteiger partial charge >= 0.3 is 0 Å². The molecule has 0 aliphatic rings. The molecule has 2 nitrogen and oxygen atoms in total. The lowest BCUT2D eigenvalue weighted by atomic mass is 9.78. The van der Waals surface area contributed by atoms with Crippen molar-refractivity contribution < 1.29 is 9.53 Å². The molecule has 0 aromatic heterocycles. The first-order chi connectivity index (χ1) is 8.88. The molecule has 0 amide bonds. The monoisotopic (exact) mass is 276 g/mol. The second-order valence-corrected chi connectivity index (χ2v) is 8.02. The molecule has 112 valence electrons. The van der Waals surface area contributed by atoms with Gasteiger partial charge in [0.05, 0.1) is 0 Å². The average molecular weight is 276 g/mol. The molecule has 0 saturated carbocycles. The molecule has 0 spiro atoms. The summed E-state index contributed by atoms with van der Waals surface area (Å²) in [6.07, 6.45) is 0. The largest absolute Gasteiger partial charge is 0.457 e. The van der Waals surface area contributed by atoms with Crippen molar-refractivity contribution in [1.82, 2.24) is 0 Å².